The van der Waals surface area contributed by atoms with Gasteiger partial charge in [0.1, 0.15) is 11.6 Å². The van der Waals surface area contributed by atoms with E-state index in [-0.39, 0.29) is 6.54 Å². The fourth-order valence-corrected chi connectivity index (χ4v) is 3.24. The van der Waals surface area contributed by atoms with Crippen molar-refractivity contribution in [1.82, 2.24) is 9.97 Å². The Kier molecular flexibility index (Phi) is 3.97. The smallest absolute Gasteiger partial charge is 0.365 e. The van der Waals surface area contributed by atoms with Crippen molar-refractivity contribution in [3.63, 3.8) is 0 Å². The van der Waals surface area contributed by atoms with E-state index >= 15 is 0 Å². The van der Waals surface area contributed by atoms with Crippen molar-refractivity contribution in [3.8, 4) is 0 Å². The number of fused-ring (bicyclic) bond motifs is 1. The topological polar surface area (TPSA) is 37.8 Å². The largest absolute Gasteiger partial charge is 0.416 e. The highest BCUT2D eigenvalue weighted by Crippen LogP contribution is 2.31. The van der Waals surface area contributed by atoms with Crippen molar-refractivity contribution >= 4 is 27.4 Å². The monoisotopic (exact) mass is 337 g/mol. The molecule has 0 unspecified atom stereocenters. The van der Waals surface area contributed by atoms with Crippen molar-refractivity contribution in [1.29, 1.82) is 0 Å². The lowest BCUT2D eigenvalue weighted by Gasteiger charge is -2.10. The zero-order valence-electron chi connectivity index (χ0n) is 12.5. The molecule has 0 saturated carbocycles. The maximum atomic E-state index is 12.8. The second-order valence-corrected chi connectivity index (χ2v) is 6.50. The highest BCUT2D eigenvalue weighted by Gasteiger charge is 2.30. The highest BCUT2D eigenvalue weighted by atomic mass is 32.1. The van der Waals surface area contributed by atoms with Crippen LogP contribution in [0.2, 0.25) is 0 Å². The molecular formula is C16H14F3N3S. The number of rotatable bonds is 3. The first-order valence-electron chi connectivity index (χ1n) is 6.98. The van der Waals surface area contributed by atoms with E-state index in [4.69, 9.17) is 0 Å². The first kappa shape index (κ1) is 15.7. The number of halogens is 3. The third-order valence-corrected chi connectivity index (χ3v) is 4.37. The molecule has 0 saturated heterocycles. The molecule has 0 fully saturated rings. The molecule has 1 aromatic carbocycles. The molecule has 3 nitrogen and oxygen atoms in total. The summed E-state index contributed by atoms with van der Waals surface area (Å²) < 4.78 is 39.2. The van der Waals surface area contributed by atoms with Crippen molar-refractivity contribution in [2.75, 3.05) is 5.32 Å². The summed E-state index contributed by atoms with van der Waals surface area (Å²) in [5.41, 5.74) is 0.761. The van der Waals surface area contributed by atoms with Gasteiger partial charge < -0.3 is 5.32 Å². The van der Waals surface area contributed by atoms with Gasteiger partial charge in [-0.2, -0.15) is 13.2 Å². The summed E-state index contributed by atoms with van der Waals surface area (Å²) in [6.45, 7) is 4.05. The van der Waals surface area contributed by atoms with Gasteiger partial charge in [-0.3, -0.25) is 0 Å². The molecule has 0 atom stereocenters. The van der Waals surface area contributed by atoms with Gasteiger partial charge in [0.25, 0.3) is 0 Å². The van der Waals surface area contributed by atoms with Crippen LogP contribution in [0.5, 0.6) is 0 Å². The van der Waals surface area contributed by atoms with E-state index in [1.54, 1.807) is 24.3 Å². The molecule has 1 N–H and O–H groups in total. The van der Waals surface area contributed by atoms with E-state index in [1.165, 1.54) is 6.07 Å². The van der Waals surface area contributed by atoms with Gasteiger partial charge >= 0.3 is 6.18 Å². The Hall–Kier alpha value is -2.15. The van der Waals surface area contributed by atoms with Crippen molar-refractivity contribution in [2.45, 2.75) is 26.6 Å². The van der Waals surface area contributed by atoms with Crippen LogP contribution in [0.25, 0.3) is 10.2 Å². The van der Waals surface area contributed by atoms with Gasteiger partial charge in [-0.15, -0.1) is 11.3 Å². The predicted molar refractivity (Wildman–Crippen MR) is 85.7 cm³/mol. The number of aryl methyl sites for hydroxylation is 2. The fourth-order valence-electron chi connectivity index (χ4n) is 2.33. The van der Waals surface area contributed by atoms with Crippen molar-refractivity contribution in [3.05, 3.63) is 52.2 Å². The number of hydrogen-bond donors (Lipinski definition) is 1. The average Bonchev–Trinajstić information content (AvgIpc) is 2.84. The summed E-state index contributed by atoms with van der Waals surface area (Å²) >= 11 is 1.56. The van der Waals surface area contributed by atoms with E-state index in [2.05, 4.69) is 15.3 Å². The summed E-state index contributed by atoms with van der Waals surface area (Å²) in [4.78, 5) is 9.85. The molecule has 0 aliphatic heterocycles. The molecule has 7 heteroatoms. The molecule has 120 valence electrons. The highest BCUT2D eigenvalue weighted by molar-refractivity contribution is 7.19. The van der Waals surface area contributed by atoms with E-state index < -0.39 is 11.7 Å². The molecule has 3 rings (SSSR count). The Labute approximate surface area is 135 Å². The number of nitrogens with zero attached hydrogens (tertiary/aromatic N) is 2. The standard InChI is InChI=1S/C16H14F3N3S/c1-9-6-13-14(23-9)15(22-10(2)21-13)20-8-11-4-3-5-12(7-11)16(17,18)19/h3-7H,8H2,1-2H3,(H,20,21,22). The number of benzene rings is 1. The first-order chi connectivity index (χ1) is 10.8. The molecule has 0 radical (unpaired) electrons. The zero-order valence-corrected chi connectivity index (χ0v) is 13.3. The van der Waals surface area contributed by atoms with E-state index in [9.17, 15) is 13.2 Å². The van der Waals surface area contributed by atoms with Crippen LogP contribution in [0.4, 0.5) is 19.0 Å². The van der Waals surface area contributed by atoms with Gasteiger partial charge in [0.05, 0.1) is 15.8 Å². The second kappa shape index (κ2) is 5.81. The Balaban J connectivity index is 1.86. The molecule has 2 heterocycles. The van der Waals surface area contributed by atoms with Crippen LogP contribution in [0.1, 0.15) is 21.8 Å². The van der Waals surface area contributed by atoms with Crippen LogP contribution in [-0.2, 0) is 12.7 Å². The third kappa shape index (κ3) is 3.44. The quantitative estimate of drug-likeness (QED) is 0.736. The number of aromatic nitrogens is 2. The minimum atomic E-state index is -4.33. The molecule has 3 aromatic rings. The number of alkyl halides is 3. The summed E-state index contributed by atoms with van der Waals surface area (Å²) in [5, 5.41) is 3.13. The maximum Gasteiger partial charge on any atom is 0.416 e. The molecule has 0 bridgehead atoms. The van der Waals surface area contributed by atoms with Crippen molar-refractivity contribution in [2.24, 2.45) is 0 Å². The van der Waals surface area contributed by atoms with Crippen LogP contribution >= 0.6 is 11.3 Å². The van der Waals surface area contributed by atoms with Gasteiger partial charge in [0.2, 0.25) is 0 Å². The summed E-state index contributed by atoms with van der Waals surface area (Å²) in [5.74, 6) is 1.28. The third-order valence-electron chi connectivity index (χ3n) is 3.32. The molecule has 23 heavy (non-hydrogen) atoms. The summed E-state index contributed by atoms with van der Waals surface area (Å²) in [7, 11) is 0. The lowest BCUT2D eigenvalue weighted by molar-refractivity contribution is -0.137. The Morgan fingerprint density at radius 2 is 1.91 bits per heavy atom. The van der Waals surface area contributed by atoms with Gasteiger partial charge in [-0.05, 0) is 37.6 Å². The number of thiophene rings is 1. The van der Waals surface area contributed by atoms with Crippen LogP contribution in [0.3, 0.4) is 0 Å². The van der Waals surface area contributed by atoms with Gasteiger partial charge in [-0.25, -0.2) is 9.97 Å². The van der Waals surface area contributed by atoms with Crippen LogP contribution in [0, 0.1) is 13.8 Å². The Morgan fingerprint density at radius 3 is 2.65 bits per heavy atom. The minimum Gasteiger partial charge on any atom is -0.365 e. The molecular weight excluding hydrogens is 323 g/mol. The summed E-state index contributed by atoms with van der Waals surface area (Å²) in [6, 6.07) is 7.27. The lowest BCUT2D eigenvalue weighted by atomic mass is 10.1. The predicted octanol–water partition coefficient (Wildman–Crippen LogP) is 4.94. The van der Waals surface area contributed by atoms with E-state index in [0.717, 1.165) is 27.2 Å². The van der Waals surface area contributed by atoms with E-state index in [1.807, 2.05) is 13.0 Å². The van der Waals surface area contributed by atoms with Crippen molar-refractivity contribution < 1.29 is 13.2 Å². The molecule has 0 aliphatic carbocycles. The second-order valence-electron chi connectivity index (χ2n) is 5.24. The molecule has 2 aromatic heterocycles. The molecule has 0 spiro atoms. The SMILES string of the molecule is Cc1nc(NCc2cccc(C(F)(F)F)c2)c2sc(C)cc2n1. The first-order valence-corrected chi connectivity index (χ1v) is 7.79. The van der Waals surface area contributed by atoms with E-state index in [0.29, 0.717) is 17.2 Å². The van der Waals surface area contributed by atoms with Gasteiger partial charge in [0.15, 0.2) is 0 Å². The Bertz CT molecular complexity index is 855. The van der Waals surface area contributed by atoms with Crippen LogP contribution < -0.4 is 5.32 Å². The number of nitrogens with one attached hydrogen (secondary N) is 1. The van der Waals surface area contributed by atoms with Crippen LogP contribution in [0.15, 0.2) is 30.3 Å². The average molecular weight is 337 g/mol. The number of anilines is 1. The molecule has 0 amide bonds. The normalized spacial score (nSPS) is 11.9. The molecule has 0 aliphatic rings. The summed E-state index contributed by atoms with van der Waals surface area (Å²) in [6.07, 6.45) is -4.33. The Morgan fingerprint density at radius 1 is 1.13 bits per heavy atom. The fraction of sp³-hybridized carbons (Fsp3) is 0.250. The maximum absolute atomic E-state index is 12.8. The minimum absolute atomic E-state index is 0.270. The van der Waals surface area contributed by atoms with Gasteiger partial charge in [0, 0.05) is 11.4 Å². The lowest BCUT2D eigenvalue weighted by Crippen LogP contribution is -2.07. The van der Waals surface area contributed by atoms with Crippen LogP contribution in [-0.4, -0.2) is 9.97 Å². The number of hydrogen-bond acceptors (Lipinski definition) is 4. The van der Waals surface area contributed by atoms with Gasteiger partial charge in [-0.1, -0.05) is 12.1 Å². The zero-order chi connectivity index (χ0) is 16.6.